The lowest BCUT2D eigenvalue weighted by atomic mass is 10.2. The van der Waals surface area contributed by atoms with E-state index >= 15 is 0 Å². The Hall–Kier alpha value is -2.23. The molecule has 23 heavy (non-hydrogen) atoms. The first-order valence-electron chi connectivity index (χ1n) is 7.37. The molecule has 4 rings (SSSR count). The Balaban J connectivity index is 0.000000151. The van der Waals surface area contributed by atoms with Crippen molar-refractivity contribution in [2.45, 2.75) is 9.79 Å². The fourth-order valence-electron chi connectivity index (χ4n) is 2.06. The molecule has 0 spiro atoms. The quantitative estimate of drug-likeness (QED) is 0.380. The van der Waals surface area contributed by atoms with Gasteiger partial charge in [-0.25, -0.2) is 0 Å². The van der Waals surface area contributed by atoms with E-state index in [2.05, 4.69) is 53.8 Å². The van der Waals surface area contributed by atoms with E-state index in [0.717, 1.165) is 0 Å². The summed E-state index contributed by atoms with van der Waals surface area (Å²) in [4.78, 5) is 2.59. The van der Waals surface area contributed by atoms with Gasteiger partial charge in [0, 0.05) is 9.79 Å². The molecule has 0 bridgehead atoms. The molecule has 0 saturated carbocycles. The number of rotatable bonds is 0. The molecule has 1 aliphatic heterocycles. The molecule has 3 aromatic rings. The van der Waals surface area contributed by atoms with Crippen LogP contribution in [-0.4, -0.2) is 0 Å². The minimum Gasteiger partial charge on any atom is -0.354 e. The summed E-state index contributed by atoms with van der Waals surface area (Å²) in [5.41, 5.74) is 2.41. The monoisotopic (exact) mass is 335 g/mol. The number of para-hydroxylation sites is 2. The number of fused-ring (bicyclic) bond motifs is 2. The van der Waals surface area contributed by atoms with E-state index in [0.29, 0.717) is 0 Å². The van der Waals surface area contributed by atoms with Gasteiger partial charge in [-0.3, -0.25) is 0 Å². The minimum absolute atomic E-state index is 1.20. The summed E-state index contributed by atoms with van der Waals surface area (Å²) in [5.74, 6) is 0. The van der Waals surface area contributed by atoms with Gasteiger partial charge < -0.3 is 5.32 Å². The summed E-state index contributed by atoms with van der Waals surface area (Å²) in [6, 6.07) is 28.8. The maximum atomic E-state index is 3.42. The third kappa shape index (κ3) is 4.62. The van der Waals surface area contributed by atoms with Crippen LogP contribution >= 0.6 is 23.1 Å². The maximum absolute atomic E-state index is 3.42. The first-order valence-corrected chi connectivity index (χ1v) is 9.13. The maximum Gasteiger partial charge on any atom is 0.0526 e. The minimum atomic E-state index is 1.20. The fourth-order valence-corrected chi connectivity index (χ4v) is 3.51. The van der Waals surface area contributed by atoms with Crippen molar-refractivity contribution in [2.24, 2.45) is 0 Å². The summed E-state index contributed by atoms with van der Waals surface area (Å²) in [6.45, 7) is 0. The molecular weight excluding hydrogens is 318 g/mol. The molecule has 0 aliphatic carbocycles. The van der Waals surface area contributed by atoms with Crippen molar-refractivity contribution in [3.8, 4) is 0 Å². The average Bonchev–Trinajstić information content (AvgIpc) is 2.76. The molecule has 0 atom stereocenters. The number of hydrogen-bond acceptors (Lipinski definition) is 3. The molecule has 2 heterocycles. The van der Waals surface area contributed by atoms with E-state index in [1.165, 1.54) is 21.2 Å². The lowest BCUT2D eigenvalue weighted by Crippen LogP contribution is -1.98. The van der Waals surface area contributed by atoms with E-state index in [1.54, 1.807) is 11.3 Å². The fraction of sp³-hybridized carbons (Fsp3) is 0. The van der Waals surface area contributed by atoms with Crippen molar-refractivity contribution in [3.63, 3.8) is 0 Å². The van der Waals surface area contributed by atoms with E-state index in [-0.39, 0.29) is 0 Å². The predicted octanol–water partition coefficient (Wildman–Crippen LogP) is 6.77. The number of nitrogens with one attached hydrogen (secondary N) is 1. The van der Waals surface area contributed by atoms with Crippen molar-refractivity contribution in [1.82, 2.24) is 0 Å². The van der Waals surface area contributed by atoms with Crippen LogP contribution in [0.5, 0.6) is 0 Å². The molecule has 1 nitrogen and oxygen atoms in total. The highest BCUT2D eigenvalue weighted by atomic mass is 32.2. The molecule has 0 fully saturated rings. The smallest absolute Gasteiger partial charge is 0.0526 e. The average molecular weight is 335 g/mol. The SMILES string of the molecule is c1ccc2c(c1)Nc1ccccc1S2.c1ccccsccc1. The summed E-state index contributed by atoms with van der Waals surface area (Å²) in [6.07, 6.45) is 0. The number of benzene rings is 2. The summed E-state index contributed by atoms with van der Waals surface area (Å²) >= 11 is 3.50. The van der Waals surface area contributed by atoms with Gasteiger partial charge in [0.05, 0.1) is 11.4 Å². The Morgan fingerprint density at radius 1 is 0.522 bits per heavy atom. The van der Waals surface area contributed by atoms with Crippen LogP contribution in [0.25, 0.3) is 0 Å². The zero-order valence-corrected chi connectivity index (χ0v) is 14.2. The molecule has 0 amide bonds. The molecule has 2 aromatic carbocycles. The van der Waals surface area contributed by atoms with Gasteiger partial charge in [-0.05, 0) is 35.0 Å². The summed E-state index contributed by atoms with van der Waals surface area (Å²) in [7, 11) is 0. The topological polar surface area (TPSA) is 12.0 Å². The van der Waals surface area contributed by atoms with E-state index < -0.39 is 0 Å². The lowest BCUT2D eigenvalue weighted by molar-refractivity contribution is 1.32. The molecule has 1 aliphatic rings. The number of anilines is 2. The zero-order valence-electron chi connectivity index (χ0n) is 12.6. The van der Waals surface area contributed by atoms with E-state index in [1.807, 2.05) is 58.9 Å². The molecule has 1 N–H and O–H groups in total. The second kappa shape index (κ2) is 8.42. The highest BCUT2D eigenvalue weighted by molar-refractivity contribution is 7.99. The van der Waals surface area contributed by atoms with Crippen molar-refractivity contribution < 1.29 is 0 Å². The van der Waals surface area contributed by atoms with Crippen LogP contribution in [0.3, 0.4) is 0 Å². The molecule has 1 aromatic heterocycles. The molecule has 0 unspecified atom stereocenters. The summed E-state index contributed by atoms with van der Waals surface area (Å²) < 4.78 is 0. The van der Waals surface area contributed by atoms with Crippen LogP contribution < -0.4 is 5.32 Å². The Morgan fingerprint density at radius 3 is 1.57 bits per heavy atom. The zero-order chi connectivity index (χ0) is 15.7. The van der Waals surface area contributed by atoms with Crippen molar-refractivity contribution in [1.29, 1.82) is 0 Å². The highest BCUT2D eigenvalue weighted by Crippen LogP contribution is 2.43. The van der Waals surface area contributed by atoms with Gasteiger partial charge >= 0.3 is 0 Å². The second-order valence-electron chi connectivity index (χ2n) is 4.78. The Bertz CT molecular complexity index is 647. The number of hydrogen-bond donors (Lipinski definition) is 1. The lowest BCUT2D eigenvalue weighted by Gasteiger charge is -2.19. The van der Waals surface area contributed by atoms with Gasteiger partial charge in [-0.15, -0.1) is 0 Å². The molecular formula is C20H17NS2. The Morgan fingerprint density at radius 2 is 1.00 bits per heavy atom. The largest absolute Gasteiger partial charge is 0.354 e. The molecule has 0 saturated heterocycles. The van der Waals surface area contributed by atoms with Crippen LogP contribution in [0.4, 0.5) is 11.4 Å². The third-order valence-electron chi connectivity index (χ3n) is 3.13. The van der Waals surface area contributed by atoms with E-state index in [9.17, 15) is 0 Å². The molecule has 3 heteroatoms. The van der Waals surface area contributed by atoms with Crippen LogP contribution in [0.1, 0.15) is 0 Å². The summed E-state index contributed by atoms with van der Waals surface area (Å²) in [5, 5.41) is 7.50. The highest BCUT2D eigenvalue weighted by Gasteiger charge is 2.13. The second-order valence-corrected chi connectivity index (χ2v) is 6.68. The van der Waals surface area contributed by atoms with Crippen molar-refractivity contribution >= 4 is 34.5 Å². The molecule has 0 radical (unpaired) electrons. The predicted molar refractivity (Wildman–Crippen MR) is 102 cm³/mol. The van der Waals surface area contributed by atoms with Crippen LogP contribution in [-0.2, 0) is 0 Å². The van der Waals surface area contributed by atoms with Gasteiger partial charge in [0.1, 0.15) is 0 Å². The van der Waals surface area contributed by atoms with Gasteiger partial charge in [-0.1, -0.05) is 72.4 Å². The Labute approximate surface area is 145 Å². The van der Waals surface area contributed by atoms with Gasteiger partial charge in [0.25, 0.3) is 0 Å². The van der Waals surface area contributed by atoms with Gasteiger partial charge in [0.2, 0.25) is 0 Å². The first kappa shape index (κ1) is 15.7. The third-order valence-corrected chi connectivity index (χ3v) is 4.91. The van der Waals surface area contributed by atoms with Gasteiger partial charge in [0.15, 0.2) is 0 Å². The normalized spacial score (nSPS) is 10.8. The van der Waals surface area contributed by atoms with Crippen molar-refractivity contribution in [2.75, 3.05) is 5.32 Å². The van der Waals surface area contributed by atoms with Gasteiger partial charge in [-0.2, -0.15) is 11.3 Å². The van der Waals surface area contributed by atoms with Crippen molar-refractivity contribution in [3.05, 3.63) is 95.7 Å². The Kier molecular flexibility index (Phi) is 5.73. The van der Waals surface area contributed by atoms with E-state index in [4.69, 9.17) is 0 Å². The molecule has 114 valence electrons. The van der Waals surface area contributed by atoms with Crippen LogP contribution in [0, 0.1) is 0 Å². The van der Waals surface area contributed by atoms with Crippen LogP contribution in [0.2, 0.25) is 0 Å². The van der Waals surface area contributed by atoms with Crippen LogP contribution in [0.15, 0.2) is 105 Å². The standard InChI is InChI=1S/C12H9NS.C8H8S/c1-3-7-11-9(5-1)13-10-6-2-4-8-12(10)14-11;1-2-4-6-8-9-7-5-3-1/h1-8,13H;1-8H. The first-order chi connectivity index (χ1) is 11.4.